The number of halogens is 1. The molecule has 8 heteroatoms. The molecule has 0 aromatic heterocycles. The molecule has 1 N–H and O–H groups in total. The summed E-state index contributed by atoms with van der Waals surface area (Å²) < 4.78 is 46.1. The lowest BCUT2D eigenvalue weighted by Crippen LogP contribution is -2.40. The molecule has 0 unspecified atom stereocenters. The van der Waals surface area contributed by atoms with Crippen LogP contribution in [-0.4, -0.2) is 44.9 Å². The molecule has 0 aliphatic carbocycles. The van der Waals surface area contributed by atoms with Crippen molar-refractivity contribution in [3.8, 4) is 0 Å². The second-order valence-electron chi connectivity index (χ2n) is 6.26. The van der Waals surface area contributed by atoms with Crippen LogP contribution in [0.15, 0.2) is 53.4 Å². The first kappa shape index (κ1) is 19.5. The molecule has 27 heavy (non-hydrogen) atoms. The molecular formula is C19H21FN2O4S. The molecule has 1 saturated heterocycles. The first-order chi connectivity index (χ1) is 12.9. The summed E-state index contributed by atoms with van der Waals surface area (Å²) in [6, 6.07) is 12.2. The molecule has 1 heterocycles. The van der Waals surface area contributed by atoms with Crippen LogP contribution in [0.25, 0.3) is 0 Å². The van der Waals surface area contributed by atoms with Crippen LogP contribution >= 0.6 is 0 Å². The van der Waals surface area contributed by atoms with Crippen molar-refractivity contribution in [3.63, 3.8) is 0 Å². The smallest absolute Gasteiger partial charge is 0.254 e. The van der Waals surface area contributed by atoms with Gasteiger partial charge in [-0.15, -0.1) is 0 Å². The Labute approximate surface area is 158 Å². The molecule has 2 aromatic carbocycles. The normalized spacial score (nSPS) is 16.7. The molecule has 1 aliphatic heterocycles. The summed E-state index contributed by atoms with van der Waals surface area (Å²) in [6.45, 7) is 2.85. The second kappa shape index (κ2) is 8.16. The van der Waals surface area contributed by atoms with E-state index in [1.165, 1.54) is 10.4 Å². The van der Waals surface area contributed by atoms with Crippen LogP contribution in [-0.2, 0) is 14.8 Å². The molecule has 3 rings (SSSR count). The van der Waals surface area contributed by atoms with Crippen LogP contribution in [0.4, 0.5) is 4.39 Å². The number of benzene rings is 2. The SMILES string of the molecule is C[C@H](NC(=O)c1cc(S(=O)(=O)N2CCOCC2)ccc1F)c1ccccc1. The highest BCUT2D eigenvalue weighted by molar-refractivity contribution is 7.89. The Kier molecular flexibility index (Phi) is 5.88. The zero-order chi connectivity index (χ0) is 19.4. The molecule has 0 bridgehead atoms. The summed E-state index contributed by atoms with van der Waals surface area (Å²) in [4.78, 5) is 12.4. The maximum atomic E-state index is 14.2. The molecule has 1 fully saturated rings. The van der Waals surface area contributed by atoms with Gasteiger partial charge in [0, 0.05) is 13.1 Å². The summed E-state index contributed by atoms with van der Waals surface area (Å²) in [5.74, 6) is -1.43. The Morgan fingerprint density at radius 2 is 1.81 bits per heavy atom. The average molecular weight is 392 g/mol. The van der Waals surface area contributed by atoms with Gasteiger partial charge in [0.2, 0.25) is 10.0 Å². The van der Waals surface area contributed by atoms with Crippen LogP contribution in [0.5, 0.6) is 0 Å². The molecule has 1 aliphatic rings. The van der Waals surface area contributed by atoms with E-state index in [0.717, 1.165) is 17.7 Å². The first-order valence-electron chi connectivity index (χ1n) is 8.63. The average Bonchev–Trinajstić information content (AvgIpc) is 2.69. The number of carbonyl (C=O) groups excluding carboxylic acids is 1. The Hall–Kier alpha value is -2.29. The summed E-state index contributed by atoms with van der Waals surface area (Å²) >= 11 is 0. The number of amides is 1. The van der Waals surface area contributed by atoms with Gasteiger partial charge in [-0.2, -0.15) is 4.31 Å². The van der Waals surface area contributed by atoms with Crippen molar-refractivity contribution in [1.29, 1.82) is 0 Å². The van der Waals surface area contributed by atoms with Crippen molar-refractivity contribution >= 4 is 15.9 Å². The molecule has 0 saturated carbocycles. The number of hydrogen-bond donors (Lipinski definition) is 1. The number of nitrogens with one attached hydrogen (secondary N) is 1. The predicted octanol–water partition coefficient (Wildman–Crippen LogP) is 2.34. The number of ether oxygens (including phenoxy) is 1. The van der Waals surface area contributed by atoms with E-state index < -0.39 is 21.7 Å². The number of rotatable bonds is 5. The maximum absolute atomic E-state index is 14.2. The van der Waals surface area contributed by atoms with Crippen molar-refractivity contribution in [2.24, 2.45) is 0 Å². The van der Waals surface area contributed by atoms with Gasteiger partial charge in [0.1, 0.15) is 5.82 Å². The van der Waals surface area contributed by atoms with Gasteiger partial charge >= 0.3 is 0 Å². The Morgan fingerprint density at radius 1 is 1.15 bits per heavy atom. The molecule has 6 nitrogen and oxygen atoms in total. The van der Waals surface area contributed by atoms with E-state index in [2.05, 4.69) is 5.32 Å². The second-order valence-corrected chi connectivity index (χ2v) is 8.20. The molecule has 144 valence electrons. The van der Waals surface area contributed by atoms with Gasteiger partial charge < -0.3 is 10.1 Å². The lowest BCUT2D eigenvalue weighted by Gasteiger charge is -2.26. The van der Waals surface area contributed by atoms with Crippen molar-refractivity contribution in [2.75, 3.05) is 26.3 Å². The highest BCUT2D eigenvalue weighted by Gasteiger charge is 2.28. The number of nitrogens with zero attached hydrogens (tertiary/aromatic N) is 1. The Balaban J connectivity index is 1.83. The summed E-state index contributed by atoms with van der Waals surface area (Å²) in [5, 5.41) is 2.70. The van der Waals surface area contributed by atoms with Crippen molar-refractivity contribution in [3.05, 3.63) is 65.5 Å². The Bertz CT molecular complexity index is 913. The molecule has 1 atom stereocenters. The third kappa shape index (κ3) is 4.35. The lowest BCUT2D eigenvalue weighted by atomic mass is 10.1. The van der Waals surface area contributed by atoms with E-state index >= 15 is 0 Å². The minimum Gasteiger partial charge on any atom is -0.379 e. The minimum atomic E-state index is -3.81. The molecule has 2 aromatic rings. The van der Waals surface area contributed by atoms with Crippen LogP contribution in [0.1, 0.15) is 28.9 Å². The van der Waals surface area contributed by atoms with Crippen LogP contribution < -0.4 is 5.32 Å². The van der Waals surface area contributed by atoms with Gasteiger partial charge in [-0.05, 0) is 30.7 Å². The number of hydrogen-bond acceptors (Lipinski definition) is 4. The standard InChI is InChI=1S/C19H21FN2O4S/c1-14(15-5-3-2-4-6-15)21-19(23)17-13-16(7-8-18(17)20)27(24,25)22-9-11-26-12-10-22/h2-8,13-14H,9-12H2,1H3,(H,21,23)/t14-/m0/s1. The van der Waals surface area contributed by atoms with Gasteiger partial charge in [-0.3, -0.25) is 4.79 Å². The molecule has 0 radical (unpaired) electrons. The Morgan fingerprint density at radius 3 is 2.48 bits per heavy atom. The first-order valence-corrected chi connectivity index (χ1v) is 10.1. The highest BCUT2D eigenvalue weighted by atomic mass is 32.2. The number of carbonyl (C=O) groups is 1. The van der Waals surface area contributed by atoms with E-state index in [0.29, 0.717) is 13.2 Å². The third-order valence-corrected chi connectivity index (χ3v) is 6.33. The van der Waals surface area contributed by atoms with E-state index in [9.17, 15) is 17.6 Å². The largest absolute Gasteiger partial charge is 0.379 e. The summed E-state index contributed by atoms with van der Waals surface area (Å²) in [5.41, 5.74) is 0.565. The zero-order valence-corrected chi connectivity index (χ0v) is 15.7. The van der Waals surface area contributed by atoms with Gasteiger partial charge in [0.15, 0.2) is 0 Å². The number of sulfonamides is 1. The lowest BCUT2D eigenvalue weighted by molar-refractivity contribution is 0.0730. The summed E-state index contributed by atoms with van der Waals surface area (Å²) in [6.07, 6.45) is 0. The minimum absolute atomic E-state index is 0.108. The van der Waals surface area contributed by atoms with Gasteiger partial charge in [0.05, 0.1) is 29.7 Å². The van der Waals surface area contributed by atoms with Gasteiger partial charge in [-0.1, -0.05) is 30.3 Å². The van der Waals surface area contributed by atoms with E-state index in [-0.39, 0.29) is 29.6 Å². The fourth-order valence-corrected chi connectivity index (χ4v) is 4.31. The molecule has 0 spiro atoms. The molecular weight excluding hydrogens is 371 g/mol. The highest BCUT2D eigenvalue weighted by Crippen LogP contribution is 2.21. The fourth-order valence-electron chi connectivity index (χ4n) is 2.87. The monoisotopic (exact) mass is 392 g/mol. The third-order valence-electron chi connectivity index (χ3n) is 4.44. The van der Waals surface area contributed by atoms with Crippen molar-refractivity contribution < 1.29 is 22.3 Å². The number of morpholine rings is 1. The van der Waals surface area contributed by atoms with Crippen molar-refractivity contribution in [2.45, 2.75) is 17.9 Å². The van der Waals surface area contributed by atoms with Gasteiger partial charge in [-0.25, -0.2) is 12.8 Å². The van der Waals surface area contributed by atoms with Crippen LogP contribution in [0.2, 0.25) is 0 Å². The van der Waals surface area contributed by atoms with E-state index in [1.54, 1.807) is 6.92 Å². The maximum Gasteiger partial charge on any atom is 0.254 e. The predicted molar refractivity (Wildman–Crippen MR) is 98.3 cm³/mol. The van der Waals surface area contributed by atoms with Crippen molar-refractivity contribution in [1.82, 2.24) is 9.62 Å². The van der Waals surface area contributed by atoms with Crippen LogP contribution in [0.3, 0.4) is 0 Å². The summed E-state index contributed by atoms with van der Waals surface area (Å²) in [7, 11) is -3.81. The van der Waals surface area contributed by atoms with Gasteiger partial charge in [0.25, 0.3) is 5.91 Å². The zero-order valence-electron chi connectivity index (χ0n) is 14.9. The topological polar surface area (TPSA) is 75.7 Å². The van der Waals surface area contributed by atoms with Crippen LogP contribution in [0, 0.1) is 5.82 Å². The van der Waals surface area contributed by atoms with E-state index in [1.807, 2.05) is 30.3 Å². The quantitative estimate of drug-likeness (QED) is 0.848. The fraction of sp³-hybridized carbons (Fsp3) is 0.316. The molecule has 1 amide bonds. The van der Waals surface area contributed by atoms with E-state index in [4.69, 9.17) is 4.74 Å².